The highest BCUT2D eigenvalue weighted by Gasteiger charge is 2.23. The van der Waals surface area contributed by atoms with E-state index in [9.17, 15) is 9.59 Å². The Morgan fingerprint density at radius 2 is 1.74 bits per heavy atom. The van der Waals surface area contributed by atoms with Crippen molar-refractivity contribution in [1.82, 2.24) is 24.5 Å². The van der Waals surface area contributed by atoms with Crippen LogP contribution in [-0.4, -0.2) is 62.5 Å². The van der Waals surface area contributed by atoms with Crippen molar-refractivity contribution in [2.75, 3.05) is 35.4 Å². The monoisotopic (exact) mass is 567 g/mol. The highest BCUT2D eigenvalue weighted by Crippen LogP contribution is 2.26. The van der Waals surface area contributed by atoms with Crippen molar-refractivity contribution in [1.29, 1.82) is 0 Å². The van der Waals surface area contributed by atoms with Crippen LogP contribution in [0.25, 0.3) is 5.65 Å². The van der Waals surface area contributed by atoms with Crippen LogP contribution in [0.4, 0.5) is 29.0 Å². The molecule has 0 saturated heterocycles. The van der Waals surface area contributed by atoms with Crippen LogP contribution in [0, 0.1) is 0 Å². The summed E-state index contributed by atoms with van der Waals surface area (Å²) in [7, 11) is 4.29. The topological polar surface area (TPSA) is 129 Å². The van der Waals surface area contributed by atoms with Gasteiger partial charge in [0.1, 0.15) is 0 Å². The zero-order chi connectivity index (χ0) is 29.6. The number of nitrogens with one attached hydrogen (secondary N) is 4. The van der Waals surface area contributed by atoms with Gasteiger partial charge in [0.05, 0.1) is 6.20 Å². The standard InChI is InChI=1S/C31H37N9O2/c1-5-20-19-32-40-28(20)37-30(35-23-14-16-26(17-15-23)39(3)4)38-31(40)36-25-9-7-8-24(18-25)34-29(42)21-10-12-22(13-11-21)33-27(41)6-2/h6-13,18-19,23,26H,2,5,14-17H2,1,3-4H3,(H,33,41)(H,34,42)(H2,35,36,37,38). The van der Waals surface area contributed by atoms with Gasteiger partial charge in [-0.15, -0.1) is 0 Å². The molecule has 2 aromatic heterocycles. The molecule has 0 spiro atoms. The molecular formula is C31H37N9O2. The van der Waals surface area contributed by atoms with Crippen molar-refractivity contribution in [3.63, 3.8) is 0 Å². The molecule has 0 radical (unpaired) electrons. The number of hydrogen-bond donors (Lipinski definition) is 4. The fraction of sp³-hybridized carbons (Fsp3) is 0.323. The van der Waals surface area contributed by atoms with E-state index < -0.39 is 0 Å². The number of nitrogens with zero attached hydrogens (tertiary/aromatic N) is 5. The summed E-state index contributed by atoms with van der Waals surface area (Å²) < 4.78 is 1.71. The SMILES string of the molecule is C=CC(=O)Nc1ccc(C(=O)Nc2cccc(Nc3nc(NC4CCC(N(C)C)CC4)nc4c(CC)cnn34)c2)cc1. The molecule has 42 heavy (non-hydrogen) atoms. The highest BCUT2D eigenvalue weighted by atomic mass is 16.2. The van der Waals surface area contributed by atoms with E-state index >= 15 is 0 Å². The largest absolute Gasteiger partial charge is 0.351 e. The van der Waals surface area contributed by atoms with E-state index in [1.807, 2.05) is 30.5 Å². The predicted octanol–water partition coefficient (Wildman–Crippen LogP) is 5.09. The lowest BCUT2D eigenvalue weighted by Gasteiger charge is -2.33. The number of rotatable bonds is 10. The minimum Gasteiger partial charge on any atom is -0.351 e. The zero-order valence-corrected chi connectivity index (χ0v) is 24.2. The van der Waals surface area contributed by atoms with Crippen molar-refractivity contribution in [2.24, 2.45) is 0 Å². The Balaban J connectivity index is 1.31. The summed E-state index contributed by atoms with van der Waals surface area (Å²) in [6.45, 7) is 5.52. The van der Waals surface area contributed by atoms with Gasteiger partial charge in [-0.05, 0) is 94.7 Å². The molecule has 218 valence electrons. The fourth-order valence-corrected chi connectivity index (χ4v) is 5.14. The molecule has 0 aliphatic heterocycles. The summed E-state index contributed by atoms with van der Waals surface area (Å²) in [5, 5.41) is 17.1. The second-order valence-electron chi connectivity index (χ2n) is 10.7. The summed E-state index contributed by atoms with van der Waals surface area (Å²) >= 11 is 0. The van der Waals surface area contributed by atoms with Gasteiger partial charge in [-0.25, -0.2) is 0 Å². The molecule has 11 heteroatoms. The Bertz CT molecular complexity index is 1570. The summed E-state index contributed by atoms with van der Waals surface area (Å²) in [6, 6.07) is 15.0. The first-order chi connectivity index (χ1) is 20.3. The predicted molar refractivity (Wildman–Crippen MR) is 166 cm³/mol. The first-order valence-corrected chi connectivity index (χ1v) is 14.2. The van der Waals surface area contributed by atoms with Gasteiger partial charge in [-0.1, -0.05) is 19.6 Å². The molecule has 2 aromatic carbocycles. The number of benzene rings is 2. The van der Waals surface area contributed by atoms with Gasteiger partial charge >= 0.3 is 0 Å². The van der Waals surface area contributed by atoms with E-state index in [4.69, 9.17) is 9.97 Å². The van der Waals surface area contributed by atoms with Crippen molar-refractivity contribution in [2.45, 2.75) is 51.1 Å². The van der Waals surface area contributed by atoms with Crippen LogP contribution < -0.4 is 21.3 Å². The quantitative estimate of drug-likeness (QED) is 0.195. The lowest BCUT2D eigenvalue weighted by molar-refractivity contribution is -0.111. The Morgan fingerprint density at radius 3 is 2.43 bits per heavy atom. The van der Waals surface area contributed by atoms with Gasteiger partial charge < -0.3 is 26.2 Å². The van der Waals surface area contributed by atoms with Gasteiger partial charge in [0.15, 0.2) is 5.65 Å². The minimum absolute atomic E-state index is 0.270. The van der Waals surface area contributed by atoms with E-state index in [2.05, 4.69) is 58.9 Å². The number of fused-ring (bicyclic) bond motifs is 1. The van der Waals surface area contributed by atoms with Crippen LogP contribution in [0.15, 0.2) is 67.4 Å². The van der Waals surface area contributed by atoms with Crippen LogP contribution >= 0.6 is 0 Å². The van der Waals surface area contributed by atoms with Crippen LogP contribution in [-0.2, 0) is 11.2 Å². The molecule has 5 rings (SSSR count). The number of hydrogen-bond acceptors (Lipinski definition) is 8. The molecule has 4 aromatic rings. The molecule has 0 bridgehead atoms. The first-order valence-electron chi connectivity index (χ1n) is 14.2. The average molecular weight is 568 g/mol. The molecule has 2 amide bonds. The van der Waals surface area contributed by atoms with E-state index in [0.29, 0.717) is 40.9 Å². The number of carbonyl (C=O) groups excluding carboxylic acids is 2. The van der Waals surface area contributed by atoms with Crippen LogP contribution in [0.2, 0.25) is 0 Å². The summed E-state index contributed by atoms with van der Waals surface area (Å²) in [5.74, 6) is 0.525. The minimum atomic E-state index is -0.312. The molecule has 1 fully saturated rings. The number of anilines is 5. The molecule has 0 unspecified atom stereocenters. The van der Waals surface area contributed by atoms with Crippen LogP contribution in [0.1, 0.15) is 48.5 Å². The Labute approximate surface area is 245 Å². The highest BCUT2D eigenvalue weighted by molar-refractivity contribution is 6.05. The third-order valence-electron chi connectivity index (χ3n) is 7.56. The summed E-state index contributed by atoms with van der Waals surface area (Å²) in [5.41, 5.74) is 4.19. The van der Waals surface area contributed by atoms with E-state index in [1.54, 1.807) is 28.8 Å². The van der Waals surface area contributed by atoms with Gasteiger partial charge in [0.2, 0.25) is 17.8 Å². The number of amides is 2. The van der Waals surface area contributed by atoms with Crippen molar-refractivity contribution in [3.05, 3.63) is 78.5 Å². The van der Waals surface area contributed by atoms with Gasteiger partial charge in [-0.2, -0.15) is 19.6 Å². The molecule has 11 nitrogen and oxygen atoms in total. The van der Waals surface area contributed by atoms with E-state index in [1.165, 1.54) is 6.08 Å². The van der Waals surface area contributed by atoms with Crippen molar-refractivity contribution >= 4 is 46.4 Å². The maximum absolute atomic E-state index is 12.9. The molecule has 1 aliphatic carbocycles. The van der Waals surface area contributed by atoms with Crippen LogP contribution in [0.3, 0.4) is 0 Å². The van der Waals surface area contributed by atoms with Gasteiger partial charge in [-0.3, -0.25) is 9.59 Å². The van der Waals surface area contributed by atoms with E-state index in [0.717, 1.165) is 49.0 Å². The van der Waals surface area contributed by atoms with Gasteiger partial charge in [0.25, 0.3) is 5.91 Å². The van der Waals surface area contributed by atoms with Crippen molar-refractivity contribution in [3.8, 4) is 0 Å². The van der Waals surface area contributed by atoms with Gasteiger partial charge in [0, 0.05) is 40.3 Å². The lowest BCUT2D eigenvalue weighted by atomic mass is 9.91. The molecule has 1 aliphatic rings. The van der Waals surface area contributed by atoms with E-state index in [-0.39, 0.29) is 11.8 Å². The average Bonchev–Trinajstić information content (AvgIpc) is 3.41. The Kier molecular flexibility index (Phi) is 8.77. The number of aromatic nitrogens is 4. The van der Waals surface area contributed by atoms with Crippen molar-refractivity contribution < 1.29 is 9.59 Å². The maximum Gasteiger partial charge on any atom is 0.255 e. The maximum atomic E-state index is 12.9. The zero-order valence-electron chi connectivity index (χ0n) is 24.2. The van der Waals surface area contributed by atoms with Crippen LogP contribution in [0.5, 0.6) is 0 Å². The Morgan fingerprint density at radius 1 is 1.00 bits per heavy atom. The molecule has 4 N–H and O–H groups in total. The molecular weight excluding hydrogens is 530 g/mol. The normalized spacial score (nSPS) is 16.7. The second kappa shape index (κ2) is 12.8. The Hall–Kier alpha value is -4.77. The fourth-order valence-electron chi connectivity index (χ4n) is 5.14. The number of aryl methyl sites for hydroxylation is 1. The second-order valence-corrected chi connectivity index (χ2v) is 10.7. The number of carbonyl (C=O) groups is 2. The summed E-state index contributed by atoms with van der Waals surface area (Å²) in [6.07, 6.45) is 8.22. The smallest absolute Gasteiger partial charge is 0.255 e. The summed E-state index contributed by atoms with van der Waals surface area (Å²) in [4.78, 5) is 36.3. The lowest BCUT2D eigenvalue weighted by Crippen LogP contribution is -2.36. The molecule has 1 saturated carbocycles. The molecule has 2 heterocycles. The molecule has 0 atom stereocenters. The third-order valence-corrected chi connectivity index (χ3v) is 7.56. The first kappa shape index (κ1) is 28.7. The third kappa shape index (κ3) is 6.74.